The van der Waals surface area contributed by atoms with E-state index >= 15 is 0 Å². The van der Waals surface area contributed by atoms with Gasteiger partial charge in [-0.2, -0.15) is 0 Å². The van der Waals surface area contributed by atoms with Gasteiger partial charge in [-0.1, -0.05) is 25.3 Å². The number of hydrogen-bond acceptors (Lipinski definition) is 4. The Morgan fingerprint density at radius 2 is 2.05 bits per heavy atom. The minimum atomic E-state index is -1.12. The van der Waals surface area contributed by atoms with Crippen molar-refractivity contribution in [1.29, 1.82) is 0 Å². The van der Waals surface area contributed by atoms with E-state index in [0.717, 1.165) is 25.7 Å². The van der Waals surface area contributed by atoms with Gasteiger partial charge in [0.05, 0.1) is 10.5 Å². The van der Waals surface area contributed by atoms with Crippen molar-refractivity contribution < 1.29 is 14.8 Å². The van der Waals surface area contributed by atoms with Gasteiger partial charge in [-0.25, -0.2) is 4.79 Å². The average Bonchev–Trinajstić information content (AvgIpc) is 2.48. The normalized spacial score (nSPS) is 15.7. The minimum Gasteiger partial charge on any atom is -0.478 e. The molecule has 0 bridgehead atoms. The molecule has 1 N–H and O–H groups in total. The van der Waals surface area contributed by atoms with Gasteiger partial charge in [0, 0.05) is 18.7 Å². The van der Waals surface area contributed by atoms with Gasteiger partial charge < -0.3 is 10.0 Å². The Morgan fingerprint density at radius 1 is 1.38 bits per heavy atom. The van der Waals surface area contributed by atoms with E-state index in [2.05, 4.69) is 0 Å². The number of nitrogens with zero attached hydrogens (tertiary/aromatic N) is 2. The lowest BCUT2D eigenvalue weighted by Gasteiger charge is -2.35. The molecule has 6 nitrogen and oxygen atoms in total. The Morgan fingerprint density at radius 3 is 2.57 bits per heavy atom. The number of nitro groups is 1. The first-order chi connectivity index (χ1) is 10.1. The summed E-state index contributed by atoms with van der Waals surface area (Å²) < 4.78 is 0. The van der Waals surface area contributed by atoms with E-state index in [0.29, 0.717) is 6.54 Å². The first-order valence-corrected chi connectivity index (χ1v) is 7.33. The smallest absolute Gasteiger partial charge is 0.338 e. The van der Waals surface area contributed by atoms with Crippen LogP contribution in [0.3, 0.4) is 0 Å². The molecule has 0 aromatic heterocycles. The minimum absolute atomic E-state index is 0.0108. The maximum Gasteiger partial charge on any atom is 0.338 e. The number of carboxylic acid groups (broad SMARTS) is 1. The second-order valence-corrected chi connectivity index (χ2v) is 5.31. The Kier molecular flexibility index (Phi) is 4.77. The topological polar surface area (TPSA) is 83.7 Å². The quantitative estimate of drug-likeness (QED) is 0.663. The highest BCUT2D eigenvalue weighted by Gasteiger charge is 2.30. The molecule has 2 rings (SSSR count). The Bertz CT molecular complexity index is 506. The Labute approximate surface area is 123 Å². The highest BCUT2D eigenvalue weighted by atomic mass is 16.6. The molecule has 1 fully saturated rings. The second-order valence-electron chi connectivity index (χ2n) is 5.31. The van der Waals surface area contributed by atoms with Crippen LogP contribution in [0.25, 0.3) is 0 Å². The van der Waals surface area contributed by atoms with Crippen LogP contribution in [0, 0.1) is 10.1 Å². The van der Waals surface area contributed by atoms with Gasteiger partial charge in [0.1, 0.15) is 5.69 Å². The molecule has 1 aromatic rings. The van der Waals surface area contributed by atoms with Gasteiger partial charge in [-0.15, -0.1) is 0 Å². The Hall–Kier alpha value is -2.11. The van der Waals surface area contributed by atoms with E-state index in [9.17, 15) is 20.0 Å². The third kappa shape index (κ3) is 3.15. The zero-order valence-corrected chi connectivity index (χ0v) is 12.1. The number of anilines is 1. The van der Waals surface area contributed by atoms with Crippen molar-refractivity contribution in [1.82, 2.24) is 0 Å². The molecule has 0 heterocycles. The summed E-state index contributed by atoms with van der Waals surface area (Å²) in [6.45, 7) is 2.48. The third-order valence-electron chi connectivity index (χ3n) is 4.09. The molecule has 0 radical (unpaired) electrons. The first kappa shape index (κ1) is 15.3. The standard InChI is InChI=1S/C15H20N2O4/c1-2-16(11-7-4-3-5-8-11)14-12(15(18)19)9-6-10-13(14)17(20)21/h6,9-11H,2-5,7-8H2,1H3,(H,18,19). The molecule has 1 aliphatic rings. The molecule has 0 amide bonds. The lowest BCUT2D eigenvalue weighted by molar-refractivity contribution is -0.384. The van der Waals surface area contributed by atoms with Crippen molar-refractivity contribution in [2.45, 2.75) is 45.1 Å². The van der Waals surface area contributed by atoms with Gasteiger partial charge >= 0.3 is 5.97 Å². The highest BCUT2D eigenvalue weighted by molar-refractivity contribution is 5.97. The summed E-state index contributed by atoms with van der Waals surface area (Å²) in [7, 11) is 0. The van der Waals surface area contributed by atoms with E-state index < -0.39 is 10.9 Å². The van der Waals surface area contributed by atoms with Gasteiger partial charge in [-0.05, 0) is 25.8 Å². The number of nitro benzene ring substituents is 1. The zero-order valence-electron chi connectivity index (χ0n) is 12.1. The third-order valence-corrected chi connectivity index (χ3v) is 4.09. The van der Waals surface area contributed by atoms with Gasteiger partial charge in [0.15, 0.2) is 0 Å². The van der Waals surface area contributed by atoms with Crippen LogP contribution in [0.1, 0.15) is 49.4 Å². The number of carbonyl (C=O) groups is 1. The lowest BCUT2D eigenvalue weighted by Crippen LogP contribution is -2.38. The fourth-order valence-electron chi connectivity index (χ4n) is 3.14. The molecular formula is C15H20N2O4. The number of hydrogen-bond donors (Lipinski definition) is 1. The van der Waals surface area contributed by atoms with Crippen LogP contribution in [0.2, 0.25) is 0 Å². The summed E-state index contributed by atoms with van der Waals surface area (Å²) in [6.07, 6.45) is 5.27. The van der Waals surface area contributed by atoms with Crippen LogP contribution in [0.15, 0.2) is 18.2 Å². The summed E-state index contributed by atoms with van der Waals surface area (Å²) >= 11 is 0. The molecule has 0 unspecified atom stereocenters. The largest absolute Gasteiger partial charge is 0.478 e. The summed E-state index contributed by atoms with van der Waals surface area (Å²) in [4.78, 5) is 24.1. The van der Waals surface area contributed by atoms with Crippen molar-refractivity contribution in [2.75, 3.05) is 11.4 Å². The fraction of sp³-hybridized carbons (Fsp3) is 0.533. The fourth-order valence-corrected chi connectivity index (χ4v) is 3.14. The van der Waals surface area contributed by atoms with Crippen LogP contribution in [0.4, 0.5) is 11.4 Å². The predicted molar refractivity (Wildman–Crippen MR) is 79.9 cm³/mol. The van der Waals surface area contributed by atoms with Crippen LogP contribution in [-0.2, 0) is 0 Å². The molecule has 1 aliphatic carbocycles. The van der Waals surface area contributed by atoms with Crippen molar-refractivity contribution >= 4 is 17.3 Å². The van der Waals surface area contributed by atoms with Crippen molar-refractivity contribution in [3.8, 4) is 0 Å². The number of benzene rings is 1. The summed E-state index contributed by atoms with van der Waals surface area (Å²) in [5.41, 5.74) is 0.142. The zero-order chi connectivity index (χ0) is 15.4. The molecule has 1 aromatic carbocycles. The summed E-state index contributed by atoms with van der Waals surface area (Å²) in [5.74, 6) is -1.12. The van der Waals surface area contributed by atoms with Gasteiger partial charge in [0.2, 0.25) is 0 Å². The predicted octanol–water partition coefficient (Wildman–Crippen LogP) is 3.45. The Balaban J connectivity index is 2.51. The summed E-state index contributed by atoms with van der Waals surface area (Å²) in [5, 5.41) is 20.7. The molecule has 1 saturated carbocycles. The SMILES string of the molecule is CCN(c1c(C(=O)O)cccc1[N+](=O)[O-])C1CCCCC1. The van der Waals surface area contributed by atoms with Crippen molar-refractivity contribution in [2.24, 2.45) is 0 Å². The van der Waals surface area contributed by atoms with Gasteiger partial charge in [0.25, 0.3) is 5.69 Å². The number of aromatic carboxylic acids is 1. The molecule has 0 atom stereocenters. The lowest BCUT2D eigenvalue weighted by atomic mass is 9.93. The van der Waals surface area contributed by atoms with E-state index in [1.165, 1.54) is 24.6 Å². The molecule has 114 valence electrons. The number of rotatable bonds is 5. The van der Waals surface area contributed by atoms with Crippen molar-refractivity contribution in [3.63, 3.8) is 0 Å². The molecule has 21 heavy (non-hydrogen) atoms. The van der Waals surface area contributed by atoms with Crippen molar-refractivity contribution in [3.05, 3.63) is 33.9 Å². The van der Waals surface area contributed by atoms with E-state index in [4.69, 9.17) is 0 Å². The number of para-hydroxylation sites is 1. The highest BCUT2D eigenvalue weighted by Crippen LogP contribution is 2.36. The summed E-state index contributed by atoms with van der Waals surface area (Å²) in [6, 6.07) is 4.44. The van der Waals surface area contributed by atoms with Crippen LogP contribution in [0.5, 0.6) is 0 Å². The molecule has 6 heteroatoms. The van der Waals surface area contributed by atoms with E-state index in [1.54, 1.807) is 0 Å². The van der Waals surface area contributed by atoms with Crippen LogP contribution in [-0.4, -0.2) is 28.6 Å². The monoisotopic (exact) mass is 292 g/mol. The number of carboxylic acids is 1. The molecule has 0 spiro atoms. The first-order valence-electron chi connectivity index (χ1n) is 7.33. The van der Waals surface area contributed by atoms with Crippen LogP contribution >= 0.6 is 0 Å². The molecular weight excluding hydrogens is 272 g/mol. The molecule has 0 saturated heterocycles. The second kappa shape index (κ2) is 6.56. The van der Waals surface area contributed by atoms with E-state index in [1.807, 2.05) is 11.8 Å². The van der Waals surface area contributed by atoms with Gasteiger partial charge in [-0.3, -0.25) is 10.1 Å². The van der Waals surface area contributed by atoms with E-state index in [-0.39, 0.29) is 23.0 Å². The average molecular weight is 292 g/mol. The maximum absolute atomic E-state index is 11.5. The van der Waals surface area contributed by atoms with Crippen LogP contribution < -0.4 is 4.90 Å². The molecule has 0 aliphatic heterocycles. The maximum atomic E-state index is 11.5.